The van der Waals surface area contributed by atoms with Crippen LogP contribution >= 0.6 is 0 Å². The average molecular weight is 815 g/mol. The molecule has 7 nitrogen and oxygen atoms in total. The smallest absolute Gasteiger partial charge is 0.873 e. The quantitative estimate of drug-likeness (QED) is 0.281. The minimum Gasteiger partial charge on any atom is -0.873 e. The molecule has 3 saturated heterocycles. The Morgan fingerprint density at radius 1 is 0.393 bits per heavy atom. The van der Waals surface area contributed by atoms with Crippen LogP contribution in [0.1, 0.15) is 185 Å². The Morgan fingerprint density at radius 3 is 0.768 bits per heavy atom. The molecule has 5 rings (SSSR count). The van der Waals surface area contributed by atoms with Gasteiger partial charge in [0, 0.05) is 39.6 Å². The third kappa shape index (κ3) is 21.8. The van der Waals surface area contributed by atoms with Crippen LogP contribution in [0.5, 0.6) is 11.5 Å². The molecule has 3 aliphatic rings. The first kappa shape index (κ1) is 54.2. The van der Waals surface area contributed by atoms with Gasteiger partial charge in [0.1, 0.15) is 0 Å². The van der Waals surface area contributed by atoms with Crippen molar-refractivity contribution in [3.05, 3.63) is 57.2 Å². The number of hydrogen-bond acceptors (Lipinski definition) is 5. The molecule has 3 fully saturated rings. The average Bonchev–Trinajstić information content (AvgIpc) is 3.83. The molecule has 0 unspecified atom stereocenters. The van der Waals surface area contributed by atoms with Gasteiger partial charge in [-0.05, 0) is 71.3 Å². The van der Waals surface area contributed by atoms with Crippen LogP contribution in [0.3, 0.4) is 0 Å². The predicted octanol–water partition coefficient (Wildman–Crippen LogP) is 12.7. The van der Waals surface area contributed by atoms with Gasteiger partial charge in [-0.25, -0.2) is 0 Å². The van der Waals surface area contributed by atoms with Crippen molar-refractivity contribution in [3.8, 4) is 11.5 Å². The molecule has 318 valence electrons. The van der Waals surface area contributed by atoms with Gasteiger partial charge >= 0.3 is 21.7 Å². The minimum absolute atomic E-state index is 0. The fraction of sp³-hybridized carbons (Fsp3) is 0.750. The van der Waals surface area contributed by atoms with Crippen LogP contribution in [0.4, 0.5) is 11.4 Å². The fourth-order valence-electron chi connectivity index (χ4n) is 5.63. The van der Waals surface area contributed by atoms with E-state index in [1.54, 1.807) is 0 Å². The molecular formula is C48H82N2O5Ti. The van der Waals surface area contributed by atoms with Crippen LogP contribution in [0.15, 0.2) is 24.3 Å². The summed E-state index contributed by atoms with van der Waals surface area (Å²) in [5.41, 5.74) is 4.43. The van der Waals surface area contributed by atoms with E-state index < -0.39 is 0 Å². The molecule has 0 saturated carbocycles. The molecule has 0 spiro atoms. The SMILES string of the molecule is C1CCOC1.C1CCOC1.C1CCOC1.CC(C)(C)[N-]c1cc(C(C)(C)C)cc(C(C)(C)C)c1[O-].CC(C)(C)[N-]c1cc(C(C)(C)C)cc(C(C)(C)C)c1[O-].[Ti+4]. The molecule has 2 aromatic carbocycles. The van der Waals surface area contributed by atoms with Gasteiger partial charge in [0.25, 0.3) is 0 Å². The first-order valence-corrected chi connectivity index (χ1v) is 20.8. The van der Waals surface area contributed by atoms with E-state index in [9.17, 15) is 10.2 Å². The van der Waals surface area contributed by atoms with Crippen LogP contribution in [-0.4, -0.2) is 50.7 Å². The van der Waals surface area contributed by atoms with E-state index in [0.717, 1.165) is 50.8 Å². The molecule has 56 heavy (non-hydrogen) atoms. The second kappa shape index (κ2) is 23.1. The van der Waals surface area contributed by atoms with E-state index >= 15 is 0 Å². The topological polar surface area (TPSA) is 102 Å². The van der Waals surface area contributed by atoms with E-state index in [0.29, 0.717) is 11.4 Å². The molecule has 3 aliphatic heterocycles. The van der Waals surface area contributed by atoms with Crippen LogP contribution in [0.2, 0.25) is 0 Å². The Bertz CT molecular complexity index is 1260. The van der Waals surface area contributed by atoms with Crippen LogP contribution < -0.4 is 10.2 Å². The summed E-state index contributed by atoms with van der Waals surface area (Å²) in [6, 6.07) is 8.04. The summed E-state index contributed by atoms with van der Waals surface area (Å²) in [5, 5.41) is 34.6. The van der Waals surface area contributed by atoms with Gasteiger partial charge in [0.05, 0.1) is 0 Å². The maximum atomic E-state index is 12.7. The second-order valence-electron chi connectivity index (χ2n) is 21.3. The number of ether oxygens (including phenoxy) is 3. The van der Waals surface area contributed by atoms with Crippen molar-refractivity contribution >= 4 is 11.4 Å². The number of nitrogens with zero attached hydrogens (tertiary/aromatic N) is 2. The zero-order valence-corrected chi connectivity index (χ0v) is 40.8. The second-order valence-corrected chi connectivity index (χ2v) is 21.3. The van der Waals surface area contributed by atoms with Gasteiger partial charge in [-0.3, -0.25) is 0 Å². The maximum Gasteiger partial charge on any atom is 4.00 e. The molecule has 3 heterocycles. The van der Waals surface area contributed by atoms with E-state index in [1.165, 1.54) is 49.7 Å². The van der Waals surface area contributed by atoms with Gasteiger partial charge in [-0.1, -0.05) is 160 Å². The van der Waals surface area contributed by atoms with Crippen molar-refractivity contribution in [1.82, 2.24) is 0 Å². The molecule has 8 heteroatoms. The van der Waals surface area contributed by atoms with E-state index in [4.69, 9.17) is 14.2 Å². The summed E-state index contributed by atoms with van der Waals surface area (Å²) in [6.07, 6.45) is 7.67. The molecular weight excluding hydrogens is 732 g/mol. The summed E-state index contributed by atoms with van der Waals surface area (Å²) in [7, 11) is 0. The molecule has 0 atom stereocenters. The van der Waals surface area contributed by atoms with Crippen LogP contribution in [-0.2, 0) is 57.6 Å². The maximum absolute atomic E-state index is 12.7. The molecule has 0 aromatic heterocycles. The molecule has 0 aliphatic carbocycles. The van der Waals surface area contributed by atoms with Crippen molar-refractivity contribution in [2.24, 2.45) is 0 Å². The Morgan fingerprint density at radius 2 is 0.625 bits per heavy atom. The first-order valence-electron chi connectivity index (χ1n) is 20.8. The van der Waals surface area contributed by atoms with Crippen LogP contribution in [0.25, 0.3) is 10.6 Å². The van der Waals surface area contributed by atoms with Crippen molar-refractivity contribution in [2.75, 3.05) is 39.6 Å². The van der Waals surface area contributed by atoms with Crippen molar-refractivity contribution in [1.29, 1.82) is 0 Å². The van der Waals surface area contributed by atoms with E-state index in [2.05, 4.69) is 106 Å². The Hall–Kier alpha value is -1.77. The summed E-state index contributed by atoms with van der Waals surface area (Å²) in [5.74, 6) is 0.140. The van der Waals surface area contributed by atoms with Gasteiger partial charge in [-0.2, -0.15) is 0 Å². The third-order valence-corrected chi connectivity index (χ3v) is 8.88. The number of rotatable bonds is 2. The zero-order chi connectivity index (χ0) is 42.5. The molecule has 0 N–H and O–H groups in total. The minimum atomic E-state index is -0.245. The van der Waals surface area contributed by atoms with Crippen molar-refractivity contribution < 1.29 is 46.1 Å². The molecule has 0 radical (unpaired) electrons. The zero-order valence-electron chi connectivity index (χ0n) is 39.2. The summed E-state index contributed by atoms with van der Waals surface area (Å²) >= 11 is 0. The Kier molecular flexibility index (Phi) is 22.4. The fourth-order valence-corrected chi connectivity index (χ4v) is 5.63. The number of benzene rings is 2. The third-order valence-electron chi connectivity index (χ3n) is 8.88. The molecule has 2 aromatic rings. The summed E-state index contributed by atoms with van der Waals surface area (Å²) in [6.45, 7) is 43.6. The first-order chi connectivity index (χ1) is 24.9. The van der Waals surface area contributed by atoms with Gasteiger partial charge < -0.3 is 35.1 Å². The Balaban J connectivity index is 0.000000773. The Labute approximate surface area is 360 Å². The number of hydrogen-bond donors (Lipinski definition) is 0. The predicted molar refractivity (Wildman–Crippen MR) is 232 cm³/mol. The van der Waals surface area contributed by atoms with Gasteiger partial charge in [0.2, 0.25) is 0 Å². The summed E-state index contributed by atoms with van der Waals surface area (Å²) in [4.78, 5) is 0. The van der Waals surface area contributed by atoms with Crippen molar-refractivity contribution in [2.45, 2.75) is 196 Å². The van der Waals surface area contributed by atoms with E-state index in [-0.39, 0.29) is 66.0 Å². The normalized spacial score (nSPS) is 16.0. The van der Waals surface area contributed by atoms with Gasteiger partial charge in [0.15, 0.2) is 0 Å². The monoisotopic (exact) mass is 815 g/mol. The van der Waals surface area contributed by atoms with Crippen LogP contribution in [0, 0.1) is 0 Å². The van der Waals surface area contributed by atoms with Crippen molar-refractivity contribution in [3.63, 3.8) is 0 Å². The molecule has 0 bridgehead atoms. The van der Waals surface area contributed by atoms with E-state index in [1.807, 2.05) is 53.7 Å². The van der Waals surface area contributed by atoms with Gasteiger partial charge in [-0.15, -0.1) is 34.0 Å². The largest absolute Gasteiger partial charge is 4.00 e. The summed E-state index contributed by atoms with van der Waals surface area (Å²) < 4.78 is 14.8. The molecule has 0 amide bonds. The standard InChI is InChI=1S/2C18H30NO.3C4H8O.Ti/c2*1-16(2,3)12-10-13(17(4,5)6)15(20)14(11-12)19-18(7,8)9;3*1-2-4-5-3-1;/h2*10-11,20H,1-9H3;3*1-4H2;/q2*-1;;;;+4/p-2.